The summed E-state index contributed by atoms with van der Waals surface area (Å²) in [5.74, 6) is 2.42. The van der Waals surface area contributed by atoms with Crippen molar-refractivity contribution in [3.8, 4) is 5.75 Å². The molecule has 0 aliphatic carbocycles. The van der Waals surface area contributed by atoms with Crippen LogP contribution < -0.4 is 15.4 Å². The molecular weight excluding hydrogens is 451 g/mol. The highest BCUT2D eigenvalue weighted by Gasteiger charge is 2.01. The summed E-state index contributed by atoms with van der Waals surface area (Å²) in [6.45, 7) is 6.64. The van der Waals surface area contributed by atoms with Crippen molar-refractivity contribution < 1.29 is 4.74 Å². The smallest absolute Gasteiger partial charge is 0.191 e. The number of benzene rings is 1. The molecule has 0 spiro atoms. The summed E-state index contributed by atoms with van der Waals surface area (Å²) in [4.78, 5) is 8.52. The Hall–Kier alpha value is -1.83. The van der Waals surface area contributed by atoms with Crippen LogP contribution in [0.1, 0.15) is 37.9 Å². The molecule has 0 bridgehead atoms. The number of nitrogens with one attached hydrogen (secondary N) is 2. The molecule has 0 unspecified atom stereocenters. The van der Waals surface area contributed by atoms with E-state index in [1.807, 2.05) is 30.3 Å². The van der Waals surface area contributed by atoms with E-state index in [0.717, 1.165) is 42.8 Å². The highest BCUT2D eigenvalue weighted by molar-refractivity contribution is 14.0. The van der Waals surface area contributed by atoms with E-state index in [4.69, 9.17) is 4.74 Å². The van der Waals surface area contributed by atoms with Crippen LogP contribution in [0.4, 0.5) is 0 Å². The molecule has 0 saturated heterocycles. The summed E-state index contributed by atoms with van der Waals surface area (Å²) in [7, 11) is 1.80. The van der Waals surface area contributed by atoms with Crippen molar-refractivity contribution >= 4 is 29.9 Å². The van der Waals surface area contributed by atoms with Crippen LogP contribution in [0.2, 0.25) is 0 Å². The molecule has 5 nitrogen and oxygen atoms in total. The number of hydrogen-bond donors (Lipinski definition) is 2. The van der Waals surface area contributed by atoms with Crippen molar-refractivity contribution in [1.82, 2.24) is 15.6 Å². The van der Waals surface area contributed by atoms with Crippen molar-refractivity contribution in [3.05, 3.63) is 59.9 Å². The molecular formula is C21H31IN4O. The molecule has 0 aliphatic heterocycles. The SMILES string of the molecule is CN=C(NCCCC(C)C)NCc1ccc(OCc2ccccn2)cc1.I. The maximum Gasteiger partial charge on any atom is 0.191 e. The highest BCUT2D eigenvalue weighted by atomic mass is 127. The summed E-state index contributed by atoms with van der Waals surface area (Å²) in [6.07, 6.45) is 4.15. The van der Waals surface area contributed by atoms with Gasteiger partial charge in [0.1, 0.15) is 12.4 Å². The lowest BCUT2D eigenvalue weighted by molar-refractivity contribution is 0.301. The maximum absolute atomic E-state index is 5.76. The fourth-order valence-electron chi connectivity index (χ4n) is 2.47. The van der Waals surface area contributed by atoms with Gasteiger partial charge in [0.15, 0.2) is 5.96 Å². The van der Waals surface area contributed by atoms with E-state index in [2.05, 4.69) is 46.6 Å². The van der Waals surface area contributed by atoms with Gasteiger partial charge in [-0.3, -0.25) is 9.98 Å². The predicted octanol–water partition coefficient (Wildman–Crippen LogP) is 4.38. The van der Waals surface area contributed by atoms with Crippen LogP contribution in [0, 0.1) is 5.92 Å². The topological polar surface area (TPSA) is 58.5 Å². The zero-order valence-corrected chi connectivity index (χ0v) is 18.8. The molecule has 27 heavy (non-hydrogen) atoms. The Morgan fingerprint density at radius 1 is 1.11 bits per heavy atom. The number of ether oxygens (including phenoxy) is 1. The molecule has 0 amide bonds. The summed E-state index contributed by atoms with van der Waals surface area (Å²) in [5.41, 5.74) is 2.10. The van der Waals surface area contributed by atoms with Crippen molar-refractivity contribution in [2.45, 2.75) is 39.8 Å². The zero-order valence-electron chi connectivity index (χ0n) is 16.4. The van der Waals surface area contributed by atoms with Crippen LogP contribution in [0.3, 0.4) is 0 Å². The number of halogens is 1. The molecule has 0 radical (unpaired) electrons. The van der Waals surface area contributed by atoms with Gasteiger partial charge in [0.25, 0.3) is 0 Å². The second kappa shape index (κ2) is 13.4. The van der Waals surface area contributed by atoms with Crippen LogP contribution in [-0.2, 0) is 13.2 Å². The van der Waals surface area contributed by atoms with Gasteiger partial charge < -0.3 is 15.4 Å². The first-order valence-electron chi connectivity index (χ1n) is 9.23. The van der Waals surface area contributed by atoms with Gasteiger partial charge in [0, 0.05) is 26.3 Å². The second-order valence-electron chi connectivity index (χ2n) is 6.64. The van der Waals surface area contributed by atoms with Crippen LogP contribution >= 0.6 is 24.0 Å². The lowest BCUT2D eigenvalue weighted by atomic mass is 10.1. The number of hydrogen-bond acceptors (Lipinski definition) is 3. The van der Waals surface area contributed by atoms with Gasteiger partial charge in [0.2, 0.25) is 0 Å². The first kappa shape index (κ1) is 23.2. The standard InChI is InChI=1S/C21H30N4O.HI/c1-17(2)7-6-14-24-21(22-3)25-15-18-9-11-20(12-10-18)26-16-19-8-4-5-13-23-19;/h4-5,8-13,17H,6-7,14-16H2,1-3H3,(H2,22,24,25);1H. The molecule has 1 aromatic heterocycles. The monoisotopic (exact) mass is 482 g/mol. The Kier molecular flexibility index (Phi) is 11.5. The van der Waals surface area contributed by atoms with E-state index >= 15 is 0 Å². The Morgan fingerprint density at radius 3 is 2.52 bits per heavy atom. The molecule has 0 atom stereocenters. The average Bonchev–Trinajstić information content (AvgIpc) is 2.67. The fourth-order valence-corrected chi connectivity index (χ4v) is 2.47. The van der Waals surface area contributed by atoms with Crippen LogP contribution in [-0.4, -0.2) is 24.5 Å². The Bertz CT molecular complexity index is 660. The van der Waals surface area contributed by atoms with Crippen molar-refractivity contribution in [2.75, 3.05) is 13.6 Å². The van der Waals surface area contributed by atoms with Gasteiger partial charge >= 0.3 is 0 Å². The third kappa shape index (κ3) is 9.60. The van der Waals surface area contributed by atoms with Gasteiger partial charge in [-0.1, -0.05) is 32.0 Å². The number of rotatable bonds is 9. The number of nitrogens with zero attached hydrogens (tertiary/aromatic N) is 2. The van der Waals surface area contributed by atoms with Crippen LogP contribution in [0.5, 0.6) is 5.75 Å². The summed E-state index contributed by atoms with van der Waals surface area (Å²) < 4.78 is 5.76. The Labute approximate surface area is 180 Å². The number of aromatic nitrogens is 1. The van der Waals surface area contributed by atoms with Gasteiger partial charge in [-0.05, 0) is 48.6 Å². The molecule has 2 N–H and O–H groups in total. The Balaban J connectivity index is 0.00000364. The molecule has 148 valence electrons. The van der Waals surface area contributed by atoms with Crippen molar-refractivity contribution in [3.63, 3.8) is 0 Å². The molecule has 0 saturated carbocycles. The summed E-state index contributed by atoms with van der Waals surface area (Å²) >= 11 is 0. The lowest BCUT2D eigenvalue weighted by Crippen LogP contribution is -2.37. The molecule has 1 heterocycles. The van der Waals surface area contributed by atoms with E-state index in [1.54, 1.807) is 13.2 Å². The quantitative estimate of drug-likeness (QED) is 0.241. The minimum atomic E-state index is 0. The van der Waals surface area contributed by atoms with Crippen molar-refractivity contribution in [2.24, 2.45) is 10.9 Å². The lowest BCUT2D eigenvalue weighted by Gasteiger charge is -2.13. The summed E-state index contributed by atoms with van der Waals surface area (Å²) in [6, 6.07) is 13.9. The third-order valence-corrected chi connectivity index (χ3v) is 3.97. The fraction of sp³-hybridized carbons (Fsp3) is 0.429. The average molecular weight is 482 g/mol. The highest BCUT2D eigenvalue weighted by Crippen LogP contribution is 2.13. The number of aliphatic imine (C=N–C) groups is 1. The number of guanidine groups is 1. The van der Waals surface area contributed by atoms with E-state index in [-0.39, 0.29) is 24.0 Å². The molecule has 6 heteroatoms. The minimum Gasteiger partial charge on any atom is -0.487 e. The van der Waals surface area contributed by atoms with E-state index in [0.29, 0.717) is 6.61 Å². The van der Waals surface area contributed by atoms with Crippen molar-refractivity contribution in [1.29, 1.82) is 0 Å². The molecule has 0 fully saturated rings. The first-order valence-corrected chi connectivity index (χ1v) is 9.23. The first-order chi connectivity index (χ1) is 12.7. The Morgan fingerprint density at radius 2 is 1.89 bits per heavy atom. The zero-order chi connectivity index (χ0) is 18.6. The molecule has 0 aliphatic rings. The van der Waals surface area contributed by atoms with Gasteiger partial charge in [0.05, 0.1) is 5.69 Å². The van der Waals surface area contributed by atoms with E-state index < -0.39 is 0 Å². The largest absolute Gasteiger partial charge is 0.487 e. The third-order valence-electron chi connectivity index (χ3n) is 3.97. The molecule has 2 aromatic rings. The molecule has 2 rings (SSSR count). The van der Waals surface area contributed by atoms with E-state index in [9.17, 15) is 0 Å². The van der Waals surface area contributed by atoms with Gasteiger partial charge in [-0.25, -0.2) is 0 Å². The van der Waals surface area contributed by atoms with Crippen LogP contribution in [0.15, 0.2) is 53.7 Å². The van der Waals surface area contributed by atoms with Gasteiger partial charge in [-0.15, -0.1) is 24.0 Å². The van der Waals surface area contributed by atoms with Crippen LogP contribution in [0.25, 0.3) is 0 Å². The number of pyridine rings is 1. The van der Waals surface area contributed by atoms with Gasteiger partial charge in [-0.2, -0.15) is 0 Å². The van der Waals surface area contributed by atoms with E-state index in [1.165, 1.54) is 12.0 Å². The normalized spacial score (nSPS) is 11.0. The second-order valence-corrected chi connectivity index (χ2v) is 6.64. The maximum atomic E-state index is 5.76. The molecule has 1 aromatic carbocycles. The summed E-state index contributed by atoms with van der Waals surface area (Å²) in [5, 5.41) is 6.69. The predicted molar refractivity (Wildman–Crippen MR) is 123 cm³/mol. The minimum absolute atomic E-state index is 0.